The van der Waals surface area contributed by atoms with Gasteiger partial charge < -0.3 is 15.3 Å². The lowest BCUT2D eigenvalue weighted by molar-refractivity contribution is 0.0692. The number of nitrogens with zero attached hydrogens (tertiary/aromatic N) is 3. The number of nitrogens with one attached hydrogen (secondary N) is 1. The van der Waals surface area contributed by atoms with Crippen LogP contribution in [0, 0.1) is 6.92 Å². The summed E-state index contributed by atoms with van der Waals surface area (Å²) < 4.78 is 1.61. The summed E-state index contributed by atoms with van der Waals surface area (Å²) in [5.74, 6) is -0.335. The van der Waals surface area contributed by atoms with Crippen molar-refractivity contribution in [3.8, 4) is 0 Å². The third kappa shape index (κ3) is 2.32. The second-order valence-electron chi connectivity index (χ2n) is 5.56. The zero-order valence-corrected chi connectivity index (χ0v) is 12.0. The third-order valence-electron chi connectivity index (χ3n) is 4.25. The Bertz CT molecular complexity index is 489. The molecule has 1 aliphatic rings. The molecular formula is C13H22N4O2. The van der Waals surface area contributed by atoms with Crippen LogP contribution in [0.3, 0.4) is 0 Å². The molecule has 106 valence electrons. The minimum atomic E-state index is -0.930. The molecule has 1 aromatic heterocycles. The van der Waals surface area contributed by atoms with E-state index < -0.39 is 5.97 Å². The Hall–Kier alpha value is -1.56. The van der Waals surface area contributed by atoms with Crippen molar-refractivity contribution in [3.05, 3.63) is 11.3 Å². The zero-order valence-electron chi connectivity index (χ0n) is 12.0. The van der Waals surface area contributed by atoms with E-state index in [1.807, 2.05) is 0 Å². The van der Waals surface area contributed by atoms with Crippen molar-refractivity contribution in [1.29, 1.82) is 0 Å². The molecule has 1 heterocycles. The molecule has 2 N–H and O–H groups in total. The Morgan fingerprint density at radius 3 is 2.58 bits per heavy atom. The van der Waals surface area contributed by atoms with Crippen LogP contribution in [0.25, 0.3) is 0 Å². The van der Waals surface area contributed by atoms with Crippen LogP contribution in [0.4, 0.5) is 5.82 Å². The third-order valence-corrected chi connectivity index (χ3v) is 4.25. The van der Waals surface area contributed by atoms with Gasteiger partial charge in [0.1, 0.15) is 11.4 Å². The van der Waals surface area contributed by atoms with E-state index in [1.54, 1.807) is 18.7 Å². The van der Waals surface area contributed by atoms with Crippen molar-refractivity contribution in [2.24, 2.45) is 7.05 Å². The van der Waals surface area contributed by atoms with E-state index in [0.717, 1.165) is 19.4 Å². The number of carbonyl (C=O) groups is 1. The van der Waals surface area contributed by atoms with Crippen LogP contribution < -0.4 is 5.32 Å². The quantitative estimate of drug-likeness (QED) is 0.841. The highest BCUT2D eigenvalue weighted by Crippen LogP contribution is 2.36. The molecule has 0 aromatic carbocycles. The van der Waals surface area contributed by atoms with Crippen LogP contribution in [0.15, 0.2) is 0 Å². The Morgan fingerprint density at radius 2 is 2.16 bits per heavy atom. The smallest absolute Gasteiger partial charge is 0.341 e. The zero-order chi connectivity index (χ0) is 14.2. The molecule has 0 atom stereocenters. The minimum absolute atomic E-state index is 0.147. The van der Waals surface area contributed by atoms with Crippen LogP contribution in [-0.4, -0.2) is 51.9 Å². The summed E-state index contributed by atoms with van der Waals surface area (Å²) in [7, 11) is 5.92. The molecule has 0 bridgehead atoms. The van der Waals surface area contributed by atoms with Gasteiger partial charge in [0.2, 0.25) is 0 Å². The number of aromatic carboxylic acids is 1. The maximum Gasteiger partial charge on any atom is 0.341 e. The van der Waals surface area contributed by atoms with E-state index in [9.17, 15) is 9.90 Å². The lowest BCUT2D eigenvalue weighted by Gasteiger charge is -2.47. The fourth-order valence-corrected chi connectivity index (χ4v) is 2.73. The monoisotopic (exact) mass is 266 g/mol. The van der Waals surface area contributed by atoms with Gasteiger partial charge in [0.05, 0.1) is 5.69 Å². The lowest BCUT2D eigenvalue weighted by atomic mass is 9.75. The van der Waals surface area contributed by atoms with Gasteiger partial charge >= 0.3 is 5.97 Å². The van der Waals surface area contributed by atoms with Crippen LogP contribution in [0.5, 0.6) is 0 Å². The number of aromatic nitrogens is 2. The van der Waals surface area contributed by atoms with Gasteiger partial charge in [-0.15, -0.1) is 0 Å². The van der Waals surface area contributed by atoms with Gasteiger partial charge in [-0.25, -0.2) is 4.79 Å². The van der Waals surface area contributed by atoms with E-state index in [1.165, 1.54) is 6.42 Å². The van der Waals surface area contributed by atoms with Gasteiger partial charge in [0, 0.05) is 19.1 Å². The first-order chi connectivity index (χ1) is 8.87. The van der Waals surface area contributed by atoms with E-state index in [4.69, 9.17) is 0 Å². The minimum Gasteiger partial charge on any atom is -0.477 e. The lowest BCUT2D eigenvalue weighted by Crippen LogP contribution is -2.54. The summed E-state index contributed by atoms with van der Waals surface area (Å²) in [4.78, 5) is 13.5. The molecule has 1 aromatic rings. The fraction of sp³-hybridized carbons (Fsp3) is 0.692. The van der Waals surface area contributed by atoms with Crippen LogP contribution in [0.2, 0.25) is 0 Å². The van der Waals surface area contributed by atoms with Crippen molar-refractivity contribution in [3.63, 3.8) is 0 Å². The van der Waals surface area contributed by atoms with Crippen LogP contribution in [0.1, 0.15) is 35.3 Å². The number of anilines is 1. The number of aryl methyl sites for hydroxylation is 2. The molecular weight excluding hydrogens is 244 g/mol. The number of carboxylic acid groups (broad SMARTS) is 1. The van der Waals surface area contributed by atoms with E-state index >= 15 is 0 Å². The molecule has 2 rings (SSSR count). The van der Waals surface area contributed by atoms with E-state index in [0.29, 0.717) is 11.5 Å². The molecule has 19 heavy (non-hydrogen) atoms. The highest BCUT2D eigenvalue weighted by Gasteiger charge is 2.39. The average Bonchev–Trinajstić information content (AvgIpc) is 2.51. The first-order valence-corrected chi connectivity index (χ1v) is 6.55. The molecule has 0 aliphatic heterocycles. The first-order valence-electron chi connectivity index (χ1n) is 6.55. The molecule has 1 saturated carbocycles. The summed E-state index contributed by atoms with van der Waals surface area (Å²) in [6.07, 6.45) is 3.52. The number of rotatable bonds is 5. The molecule has 0 saturated heterocycles. The molecule has 0 radical (unpaired) electrons. The summed E-state index contributed by atoms with van der Waals surface area (Å²) >= 11 is 0. The van der Waals surface area contributed by atoms with Crippen molar-refractivity contribution < 1.29 is 9.90 Å². The van der Waals surface area contributed by atoms with E-state index in [-0.39, 0.29) is 11.1 Å². The maximum atomic E-state index is 11.3. The SMILES string of the molecule is Cc1nn(C)c(NCC2(N(C)C)CCC2)c1C(=O)O. The first kappa shape index (κ1) is 13.9. The normalized spacial score (nSPS) is 17.3. The van der Waals surface area contributed by atoms with Gasteiger partial charge in [-0.2, -0.15) is 5.10 Å². The number of hydrogen-bond donors (Lipinski definition) is 2. The maximum absolute atomic E-state index is 11.3. The molecule has 0 spiro atoms. The molecule has 1 fully saturated rings. The van der Waals surface area contributed by atoms with Crippen molar-refractivity contribution >= 4 is 11.8 Å². The molecule has 6 nitrogen and oxygen atoms in total. The van der Waals surface area contributed by atoms with Gasteiger partial charge in [-0.1, -0.05) is 0 Å². The van der Waals surface area contributed by atoms with Crippen molar-refractivity contribution in [2.45, 2.75) is 31.7 Å². The van der Waals surface area contributed by atoms with E-state index in [2.05, 4.69) is 29.4 Å². The summed E-state index contributed by atoms with van der Waals surface area (Å²) in [5.41, 5.74) is 0.967. The summed E-state index contributed by atoms with van der Waals surface area (Å²) in [5, 5.41) is 16.7. The van der Waals surface area contributed by atoms with Gasteiger partial charge in [-0.05, 0) is 40.3 Å². The highest BCUT2D eigenvalue weighted by molar-refractivity contribution is 5.94. The predicted molar refractivity (Wildman–Crippen MR) is 73.7 cm³/mol. The van der Waals surface area contributed by atoms with Gasteiger partial charge in [0.25, 0.3) is 0 Å². The molecule has 0 unspecified atom stereocenters. The average molecular weight is 266 g/mol. The number of likely N-dealkylation sites (N-methyl/N-ethyl adjacent to an activating group) is 1. The van der Waals surface area contributed by atoms with Gasteiger partial charge in [-0.3, -0.25) is 4.68 Å². The van der Waals surface area contributed by atoms with Crippen molar-refractivity contribution in [2.75, 3.05) is 26.0 Å². The highest BCUT2D eigenvalue weighted by atomic mass is 16.4. The summed E-state index contributed by atoms with van der Waals surface area (Å²) in [6.45, 7) is 2.47. The predicted octanol–water partition coefficient (Wildman–Crippen LogP) is 1.32. The molecule has 1 aliphatic carbocycles. The largest absolute Gasteiger partial charge is 0.477 e. The Labute approximate surface area is 113 Å². The Balaban J connectivity index is 2.18. The second-order valence-corrected chi connectivity index (χ2v) is 5.56. The summed E-state index contributed by atoms with van der Waals surface area (Å²) in [6, 6.07) is 0. The standard InChI is InChI=1S/C13H22N4O2/c1-9-10(12(18)19)11(17(4)15-9)14-8-13(16(2)3)6-5-7-13/h14H,5-8H2,1-4H3,(H,18,19). The van der Waals surface area contributed by atoms with Gasteiger partial charge in [0.15, 0.2) is 0 Å². The van der Waals surface area contributed by atoms with Crippen LogP contribution >= 0.6 is 0 Å². The molecule has 0 amide bonds. The second kappa shape index (κ2) is 4.85. The molecule has 6 heteroatoms. The number of hydrogen-bond acceptors (Lipinski definition) is 4. The topological polar surface area (TPSA) is 70.4 Å². The van der Waals surface area contributed by atoms with Crippen LogP contribution in [-0.2, 0) is 7.05 Å². The number of carboxylic acids is 1. The Kier molecular flexibility index (Phi) is 3.54. The fourth-order valence-electron chi connectivity index (χ4n) is 2.73. The van der Waals surface area contributed by atoms with Crippen molar-refractivity contribution in [1.82, 2.24) is 14.7 Å². The Morgan fingerprint density at radius 1 is 1.53 bits per heavy atom.